The molecular formula is C35H37Cl2N9. The Balaban J connectivity index is 1.36. The zero-order valence-electron chi connectivity index (χ0n) is 26.4. The third kappa shape index (κ3) is 6.80. The SMILES string of the molecule is CC(Nc1c(C#N)cnc2c(N[C@@H](c3ccc(Cl)cc3)c3cn(C4CCN(C(C)(C)C)CC4)nn3)cc(Cl)cc12)c1cccnc1. The van der Waals surface area contributed by atoms with Gasteiger partial charge in [0.15, 0.2) is 0 Å². The minimum Gasteiger partial charge on any atom is -0.377 e. The zero-order valence-corrected chi connectivity index (χ0v) is 27.9. The van der Waals surface area contributed by atoms with Gasteiger partial charge in [-0.3, -0.25) is 14.9 Å². The highest BCUT2D eigenvalue weighted by atomic mass is 35.5. The topological polar surface area (TPSA) is 108 Å². The molecule has 0 radical (unpaired) electrons. The fourth-order valence-electron chi connectivity index (χ4n) is 6.09. The number of aromatic nitrogens is 5. The van der Waals surface area contributed by atoms with E-state index in [2.05, 4.69) is 57.7 Å². The van der Waals surface area contributed by atoms with Crippen LogP contribution in [-0.2, 0) is 0 Å². The minimum atomic E-state index is -0.370. The van der Waals surface area contributed by atoms with Crippen LogP contribution in [0, 0.1) is 11.3 Å². The summed E-state index contributed by atoms with van der Waals surface area (Å²) in [7, 11) is 0. The van der Waals surface area contributed by atoms with E-state index in [9.17, 15) is 5.26 Å². The number of rotatable bonds is 8. The Morgan fingerprint density at radius 2 is 1.74 bits per heavy atom. The van der Waals surface area contributed by atoms with E-state index in [0.717, 1.165) is 48.1 Å². The van der Waals surface area contributed by atoms with Gasteiger partial charge in [0.2, 0.25) is 0 Å². The lowest BCUT2D eigenvalue weighted by Crippen LogP contribution is -2.46. The molecule has 11 heteroatoms. The van der Waals surface area contributed by atoms with Gasteiger partial charge in [-0.2, -0.15) is 5.26 Å². The molecule has 2 N–H and O–H groups in total. The van der Waals surface area contributed by atoms with Crippen molar-refractivity contribution in [3.05, 3.63) is 106 Å². The predicted molar refractivity (Wildman–Crippen MR) is 184 cm³/mol. The normalized spacial score (nSPS) is 15.8. The molecule has 4 heterocycles. The van der Waals surface area contributed by atoms with Gasteiger partial charge in [-0.15, -0.1) is 5.10 Å². The number of halogens is 2. The molecular weight excluding hydrogens is 617 g/mol. The molecule has 0 spiro atoms. The number of fused-ring (bicyclic) bond motifs is 1. The molecule has 1 aliphatic rings. The van der Waals surface area contributed by atoms with E-state index in [0.29, 0.717) is 32.5 Å². The Hall–Kier alpha value is -4.23. The number of likely N-dealkylation sites (tertiary alicyclic amines) is 1. The standard InChI is InChI=1S/C35H37Cl2N9/c1-22(24-6-5-13-39-19-24)41-32-25(18-38)20-40-34-29(32)16-27(37)17-30(34)42-33(23-7-9-26(36)10-8-23)31-21-46(44-43-31)28-11-14-45(15-12-28)35(2,3)4/h5-10,13,16-17,19-22,28,33,42H,11-12,14-15H2,1-4H3,(H,40,41)/t22?,33-/m0/s1. The number of nitrogens with one attached hydrogen (secondary N) is 2. The van der Waals surface area contributed by atoms with Crippen molar-refractivity contribution in [2.75, 3.05) is 23.7 Å². The van der Waals surface area contributed by atoms with E-state index < -0.39 is 0 Å². The summed E-state index contributed by atoms with van der Waals surface area (Å²) in [6.45, 7) is 10.9. The first-order valence-corrected chi connectivity index (χ1v) is 16.2. The molecule has 0 saturated carbocycles. The Labute approximate surface area is 279 Å². The summed E-state index contributed by atoms with van der Waals surface area (Å²) in [6.07, 6.45) is 9.21. The van der Waals surface area contributed by atoms with E-state index in [4.69, 9.17) is 28.2 Å². The lowest BCUT2D eigenvalue weighted by molar-refractivity contribution is 0.0866. The van der Waals surface area contributed by atoms with Gasteiger partial charge in [0, 0.05) is 52.7 Å². The number of nitrogens with zero attached hydrogens (tertiary/aromatic N) is 7. The van der Waals surface area contributed by atoms with Crippen molar-refractivity contribution < 1.29 is 0 Å². The van der Waals surface area contributed by atoms with Gasteiger partial charge < -0.3 is 10.6 Å². The van der Waals surface area contributed by atoms with Crippen LogP contribution < -0.4 is 10.6 Å². The summed E-state index contributed by atoms with van der Waals surface area (Å²) in [4.78, 5) is 11.5. The number of anilines is 2. The van der Waals surface area contributed by atoms with Crippen LogP contribution in [0.3, 0.4) is 0 Å². The summed E-state index contributed by atoms with van der Waals surface area (Å²) in [6, 6.07) is 17.4. The van der Waals surface area contributed by atoms with Gasteiger partial charge in [0.25, 0.3) is 0 Å². The third-order valence-corrected chi connectivity index (χ3v) is 9.19. The molecule has 2 atom stereocenters. The molecule has 3 aromatic heterocycles. The van der Waals surface area contributed by atoms with Crippen molar-refractivity contribution in [3.63, 3.8) is 0 Å². The Bertz CT molecular complexity index is 1850. The first kappa shape index (κ1) is 31.7. The van der Waals surface area contributed by atoms with Crippen LogP contribution in [0.2, 0.25) is 10.0 Å². The molecule has 5 aromatic rings. The van der Waals surface area contributed by atoms with E-state index in [-0.39, 0.29) is 23.7 Å². The summed E-state index contributed by atoms with van der Waals surface area (Å²) >= 11 is 13.0. The molecule has 1 unspecified atom stereocenters. The van der Waals surface area contributed by atoms with Crippen molar-refractivity contribution in [1.29, 1.82) is 5.26 Å². The molecule has 0 amide bonds. The maximum absolute atomic E-state index is 10.0. The van der Waals surface area contributed by atoms with E-state index in [1.54, 1.807) is 12.4 Å². The smallest absolute Gasteiger partial charge is 0.109 e. The van der Waals surface area contributed by atoms with Gasteiger partial charge in [-0.25, -0.2) is 4.68 Å². The third-order valence-electron chi connectivity index (χ3n) is 8.72. The quantitative estimate of drug-likeness (QED) is 0.172. The molecule has 9 nitrogen and oxygen atoms in total. The minimum absolute atomic E-state index is 0.117. The fourth-order valence-corrected chi connectivity index (χ4v) is 6.44. The van der Waals surface area contributed by atoms with Crippen LogP contribution in [0.1, 0.15) is 81.0 Å². The van der Waals surface area contributed by atoms with Gasteiger partial charge in [-0.1, -0.05) is 46.6 Å². The second-order valence-corrected chi connectivity index (χ2v) is 13.7. The first-order valence-electron chi connectivity index (χ1n) is 15.5. The maximum Gasteiger partial charge on any atom is 0.109 e. The lowest BCUT2D eigenvalue weighted by Gasteiger charge is -2.40. The van der Waals surface area contributed by atoms with Gasteiger partial charge >= 0.3 is 0 Å². The van der Waals surface area contributed by atoms with Crippen molar-refractivity contribution in [1.82, 2.24) is 29.9 Å². The molecule has 1 fully saturated rings. The number of hydrogen-bond donors (Lipinski definition) is 2. The van der Waals surface area contributed by atoms with E-state index >= 15 is 0 Å². The maximum atomic E-state index is 10.0. The van der Waals surface area contributed by atoms with Crippen LogP contribution in [0.5, 0.6) is 0 Å². The van der Waals surface area contributed by atoms with Gasteiger partial charge in [0.05, 0.1) is 46.8 Å². The molecule has 1 saturated heterocycles. The van der Waals surface area contributed by atoms with Crippen LogP contribution >= 0.6 is 23.2 Å². The Morgan fingerprint density at radius 3 is 2.41 bits per heavy atom. The largest absolute Gasteiger partial charge is 0.377 e. The number of benzene rings is 2. The average molecular weight is 655 g/mol. The average Bonchev–Trinajstić information content (AvgIpc) is 3.54. The lowest BCUT2D eigenvalue weighted by atomic mass is 9.98. The molecule has 0 bridgehead atoms. The monoisotopic (exact) mass is 653 g/mol. The van der Waals surface area contributed by atoms with Crippen molar-refractivity contribution in [2.45, 2.75) is 64.2 Å². The number of pyridine rings is 2. The summed E-state index contributed by atoms with van der Waals surface area (Å²) in [5.74, 6) is 0. The first-order chi connectivity index (χ1) is 22.1. The highest BCUT2D eigenvalue weighted by Gasteiger charge is 2.29. The summed E-state index contributed by atoms with van der Waals surface area (Å²) in [5, 5.41) is 28.3. The highest BCUT2D eigenvalue weighted by molar-refractivity contribution is 6.32. The number of hydrogen-bond acceptors (Lipinski definition) is 8. The number of piperidine rings is 1. The molecule has 236 valence electrons. The van der Waals surface area contributed by atoms with E-state index in [1.165, 1.54) is 0 Å². The second-order valence-electron chi connectivity index (χ2n) is 12.8. The molecule has 1 aliphatic heterocycles. The Kier molecular flexibility index (Phi) is 9.14. The van der Waals surface area contributed by atoms with Gasteiger partial charge in [-0.05, 0) is 82.0 Å². The molecule has 2 aromatic carbocycles. The van der Waals surface area contributed by atoms with Crippen LogP contribution in [-0.4, -0.2) is 48.5 Å². The second kappa shape index (κ2) is 13.2. The van der Waals surface area contributed by atoms with E-state index in [1.807, 2.05) is 72.5 Å². The fraction of sp³-hybridized carbons (Fsp3) is 0.343. The molecule has 46 heavy (non-hydrogen) atoms. The van der Waals surface area contributed by atoms with Crippen LogP contribution in [0.4, 0.5) is 11.4 Å². The summed E-state index contributed by atoms with van der Waals surface area (Å²) < 4.78 is 2.01. The van der Waals surface area contributed by atoms with Gasteiger partial charge in [0.1, 0.15) is 11.8 Å². The van der Waals surface area contributed by atoms with Crippen LogP contribution in [0.15, 0.2) is 73.3 Å². The molecule has 6 rings (SSSR count). The Morgan fingerprint density at radius 1 is 0.978 bits per heavy atom. The van der Waals surface area contributed by atoms with Crippen molar-refractivity contribution >= 4 is 45.5 Å². The zero-order chi connectivity index (χ0) is 32.4. The number of nitriles is 1. The van der Waals surface area contributed by atoms with Crippen LogP contribution in [0.25, 0.3) is 10.9 Å². The van der Waals surface area contributed by atoms with Crippen molar-refractivity contribution in [3.8, 4) is 6.07 Å². The molecule has 0 aliphatic carbocycles. The summed E-state index contributed by atoms with van der Waals surface area (Å²) in [5.41, 5.74) is 5.33. The van der Waals surface area contributed by atoms with Crippen molar-refractivity contribution in [2.24, 2.45) is 0 Å². The highest BCUT2D eigenvalue weighted by Crippen LogP contribution is 2.38. The predicted octanol–water partition coefficient (Wildman–Crippen LogP) is 8.21.